The molecule has 0 saturated carbocycles. The summed E-state index contributed by atoms with van der Waals surface area (Å²) >= 11 is 5.23. The minimum Gasteiger partial charge on any atom is -0.361 e. The molecule has 0 unspecified atom stereocenters. The Kier molecular flexibility index (Phi) is 4.29. The number of aryl methyl sites for hydroxylation is 2. The van der Waals surface area contributed by atoms with Gasteiger partial charge in [-0.2, -0.15) is 0 Å². The topological polar surface area (TPSA) is 63.0 Å². The van der Waals surface area contributed by atoms with Gasteiger partial charge in [0.1, 0.15) is 0 Å². The average molecular weight is 274 g/mol. The molecule has 0 bridgehead atoms. The zero-order chi connectivity index (χ0) is 13.8. The summed E-state index contributed by atoms with van der Waals surface area (Å²) in [6, 6.07) is 6.09. The van der Waals surface area contributed by atoms with Gasteiger partial charge in [-0.05, 0) is 49.3 Å². The Balaban J connectivity index is 2.34. The molecule has 0 amide bonds. The molecule has 0 fully saturated rings. The highest BCUT2D eigenvalue weighted by Gasteiger charge is 2.08. The van der Waals surface area contributed by atoms with Gasteiger partial charge in [-0.15, -0.1) is 0 Å². The molecule has 0 aliphatic rings. The Morgan fingerprint density at radius 2 is 2.21 bits per heavy atom. The summed E-state index contributed by atoms with van der Waals surface area (Å²) in [4.78, 5) is 4.42. The van der Waals surface area contributed by atoms with Crippen molar-refractivity contribution in [1.82, 2.24) is 10.3 Å². The predicted octanol–water partition coefficient (Wildman–Crippen LogP) is 2.10. The number of nitrogens with two attached hydrogens (primary N) is 1. The van der Waals surface area contributed by atoms with Crippen LogP contribution in [0.2, 0.25) is 0 Å². The third kappa shape index (κ3) is 3.00. The number of nitrogens with one attached hydrogen (secondary N) is 2. The molecule has 4 N–H and O–H groups in total. The lowest BCUT2D eigenvalue weighted by Crippen LogP contribution is -2.32. The van der Waals surface area contributed by atoms with Gasteiger partial charge in [-0.1, -0.05) is 6.07 Å². The fourth-order valence-corrected chi connectivity index (χ4v) is 2.25. The van der Waals surface area contributed by atoms with Crippen LogP contribution in [0.4, 0.5) is 5.69 Å². The highest BCUT2D eigenvalue weighted by molar-refractivity contribution is 7.80. The van der Waals surface area contributed by atoms with Crippen molar-refractivity contribution in [3.8, 4) is 0 Å². The standard InChI is InChI=1S/C14H18N4S/c1-9-8-12(18-14(19)17-7-5-15)10(2)11-4-3-6-16-13(9)11/h3-4,6,8H,5,7,15H2,1-2H3,(H2,17,18,19). The van der Waals surface area contributed by atoms with Crippen molar-refractivity contribution in [2.24, 2.45) is 5.73 Å². The molecule has 0 radical (unpaired) electrons. The van der Waals surface area contributed by atoms with Gasteiger partial charge in [0.05, 0.1) is 5.52 Å². The predicted molar refractivity (Wildman–Crippen MR) is 84.5 cm³/mol. The maximum atomic E-state index is 5.44. The number of hydrogen-bond donors (Lipinski definition) is 3. The molecule has 0 aliphatic heterocycles. The van der Waals surface area contributed by atoms with E-state index in [4.69, 9.17) is 18.0 Å². The van der Waals surface area contributed by atoms with Gasteiger partial charge in [0.2, 0.25) is 0 Å². The molecule has 4 nitrogen and oxygen atoms in total. The van der Waals surface area contributed by atoms with E-state index in [0.717, 1.165) is 27.7 Å². The summed E-state index contributed by atoms with van der Waals surface area (Å²) in [6.45, 7) is 5.34. The van der Waals surface area contributed by atoms with E-state index in [-0.39, 0.29) is 0 Å². The van der Waals surface area contributed by atoms with Gasteiger partial charge in [0.25, 0.3) is 0 Å². The number of fused-ring (bicyclic) bond motifs is 1. The van der Waals surface area contributed by atoms with E-state index in [1.165, 1.54) is 0 Å². The third-order valence-corrected chi connectivity index (χ3v) is 3.27. The summed E-state index contributed by atoms with van der Waals surface area (Å²) < 4.78 is 0. The minimum absolute atomic E-state index is 0.557. The molecule has 1 aromatic heterocycles. The maximum Gasteiger partial charge on any atom is 0.170 e. The van der Waals surface area contributed by atoms with Crippen molar-refractivity contribution in [1.29, 1.82) is 0 Å². The first-order valence-electron chi connectivity index (χ1n) is 6.23. The Morgan fingerprint density at radius 1 is 1.42 bits per heavy atom. The Bertz CT molecular complexity index is 610. The Labute approximate surface area is 118 Å². The molecule has 100 valence electrons. The lowest BCUT2D eigenvalue weighted by Gasteiger charge is -2.15. The quantitative estimate of drug-likeness (QED) is 0.748. The summed E-state index contributed by atoms with van der Waals surface area (Å²) in [5.41, 5.74) is 9.76. The van der Waals surface area contributed by atoms with Crippen molar-refractivity contribution >= 4 is 33.9 Å². The van der Waals surface area contributed by atoms with Crippen molar-refractivity contribution in [3.63, 3.8) is 0 Å². The summed E-state index contributed by atoms with van der Waals surface area (Å²) in [5, 5.41) is 8.01. The normalized spacial score (nSPS) is 10.5. The first kappa shape index (κ1) is 13.7. The van der Waals surface area contributed by atoms with Gasteiger partial charge in [0.15, 0.2) is 5.11 Å². The third-order valence-electron chi connectivity index (χ3n) is 3.03. The second-order valence-electron chi connectivity index (χ2n) is 4.44. The lowest BCUT2D eigenvalue weighted by molar-refractivity contribution is 0.883. The average Bonchev–Trinajstić information content (AvgIpc) is 2.42. The monoisotopic (exact) mass is 274 g/mol. The number of pyridine rings is 1. The number of aromatic nitrogens is 1. The molecule has 2 rings (SSSR count). The second-order valence-corrected chi connectivity index (χ2v) is 4.84. The van der Waals surface area contributed by atoms with E-state index in [2.05, 4.69) is 41.6 Å². The zero-order valence-electron chi connectivity index (χ0n) is 11.2. The van der Waals surface area contributed by atoms with Crippen molar-refractivity contribution < 1.29 is 0 Å². The lowest BCUT2D eigenvalue weighted by atomic mass is 10.0. The molecule has 19 heavy (non-hydrogen) atoms. The van der Waals surface area contributed by atoms with Crippen molar-refractivity contribution in [3.05, 3.63) is 35.5 Å². The maximum absolute atomic E-state index is 5.44. The largest absolute Gasteiger partial charge is 0.361 e. The first-order valence-corrected chi connectivity index (χ1v) is 6.64. The SMILES string of the molecule is Cc1c(NC(=S)NCCN)cc(C)c2ncccc12. The first-order chi connectivity index (χ1) is 9.13. The number of nitrogens with zero attached hydrogens (tertiary/aromatic N) is 1. The molecular formula is C14H18N4S. The van der Waals surface area contributed by atoms with Crippen LogP contribution >= 0.6 is 12.2 Å². The van der Waals surface area contributed by atoms with Gasteiger partial charge in [0, 0.05) is 30.4 Å². The smallest absolute Gasteiger partial charge is 0.170 e. The van der Waals surface area contributed by atoms with E-state index in [0.29, 0.717) is 18.2 Å². The zero-order valence-corrected chi connectivity index (χ0v) is 12.0. The van der Waals surface area contributed by atoms with E-state index >= 15 is 0 Å². The number of anilines is 1. The van der Waals surface area contributed by atoms with Gasteiger partial charge >= 0.3 is 0 Å². The van der Waals surface area contributed by atoms with Crippen LogP contribution in [0.5, 0.6) is 0 Å². The summed E-state index contributed by atoms with van der Waals surface area (Å²) in [5.74, 6) is 0. The number of rotatable bonds is 3. The fourth-order valence-electron chi connectivity index (χ4n) is 2.04. The molecule has 5 heteroatoms. The number of thiocarbonyl (C=S) groups is 1. The molecule has 2 aromatic rings. The summed E-state index contributed by atoms with van der Waals surface area (Å²) in [6.07, 6.45) is 1.81. The number of benzene rings is 1. The molecule has 1 heterocycles. The molecule has 0 atom stereocenters. The van der Waals surface area contributed by atoms with Crippen LogP contribution in [0.25, 0.3) is 10.9 Å². The van der Waals surface area contributed by atoms with E-state index in [1.807, 2.05) is 12.3 Å². The van der Waals surface area contributed by atoms with E-state index < -0.39 is 0 Å². The molecule has 1 aromatic carbocycles. The summed E-state index contributed by atoms with van der Waals surface area (Å²) in [7, 11) is 0. The molecule has 0 saturated heterocycles. The molecule has 0 aliphatic carbocycles. The van der Waals surface area contributed by atoms with Crippen LogP contribution in [0.3, 0.4) is 0 Å². The van der Waals surface area contributed by atoms with Crippen LogP contribution in [-0.4, -0.2) is 23.2 Å². The van der Waals surface area contributed by atoms with Crippen molar-refractivity contribution in [2.75, 3.05) is 18.4 Å². The van der Waals surface area contributed by atoms with Crippen LogP contribution in [-0.2, 0) is 0 Å². The Morgan fingerprint density at radius 3 is 2.95 bits per heavy atom. The Hall–Kier alpha value is -1.72. The fraction of sp³-hybridized carbons (Fsp3) is 0.286. The van der Waals surface area contributed by atoms with Crippen molar-refractivity contribution in [2.45, 2.75) is 13.8 Å². The van der Waals surface area contributed by atoms with Gasteiger partial charge < -0.3 is 16.4 Å². The highest BCUT2D eigenvalue weighted by atomic mass is 32.1. The van der Waals surface area contributed by atoms with Gasteiger partial charge in [-0.25, -0.2) is 0 Å². The van der Waals surface area contributed by atoms with Crippen LogP contribution in [0.15, 0.2) is 24.4 Å². The van der Waals surface area contributed by atoms with E-state index in [1.54, 1.807) is 0 Å². The van der Waals surface area contributed by atoms with Crippen LogP contribution in [0.1, 0.15) is 11.1 Å². The van der Waals surface area contributed by atoms with E-state index in [9.17, 15) is 0 Å². The van der Waals surface area contributed by atoms with Crippen LogP contribution < -0.4 is 16.4 Å². The minimum atomic E-state index is 0.557. The molecule has 0 spiro atoms. The second kappa shape index (κ2) is 5.95. The highest BCUT2D eigenvalue weighted by Crippen LogP contribution is 2.27. The molecular weight excluding hydrogens is 256 g/mol. The van der Waals surface area contributed by atoms with Crippen LogP contribution in [0, 0.1) is 13.8 Å². The van der Waals surface area contributed by atoms with Gasteiger partial charge in [-0.3, -0.25) is 4.98 Å². The number of hydrogen-bond acceptors (Lipinski definition) is 3.